The Labute approximate surface area is 139 Å². The summed E-state index contributed by atoms with van der Waals surface area (Å²) in [7, 11) is -2.05. The van der Waals surface area contributed by atoms with Gasteiger partial charge in [0.15, 0.2) is 0 Å². The molecule has 0 aliphatic heterocycles. The zero-order chi connectivity index (χ0) is 17.1. The molecule has 0 amide bonds. The Kier molecular flexibility index (Phi) is 5.70. The SMILES string of the molecule is COc1cc(C)c(S(=O)(=O)NCC2(CO)CCCCC2)c(C)c1. The summed E-state index contributed by atoms with van der Waals surface area (Å²) < 4.78 is 33.4. The second-order valence-corrected chi connectivity index (χ2v) is 8.34. The number of hydrogen-bond acceptors (Lipinski definition) is 4. The molecule has 2 rings (SSSR count). The van der Waals surface area contributed by atoms with Gasteiger partial charge in [0, 0.05) is 18.6 Å². The van der Waals surface area contributed by atoms with Crippen LogP contribution in [0.25, 0.3) is 0 Å². The zero-order valence-electron chi connectivity index (χ0n) is 14.2. The van der Waals surface area contributed by atoms with Gasteiger partial charge in [-0.25, -0.2) is 13.1 Å². The fourth-order valence-electron chi connectivity index (χ4n) is 3.47. The number of aliphatic hydroxyl groups excluding tert-OH is 1. The maximum atomic E-state index is 12.7. The second-order valence-electron chi connectivity index (χ2n) is 6.63. The fourth-order valence-corrected chi connectivity index (χ4v) is 5.07. The molecule has 0 unspecified atom stereocenters. The van der Waals surface area contributed by atoms with E-state index < -0.39 is 10.0 Å². The van der Waals surface area contributed by atoms with Gasteiger partial charge in [0.05, 0.1) is 12.0 Å². The number of methoxy groups -OCH3 is 1. The number of hydrogen-bond donors (Lipinski definition) is 2. The molecule has 1 aliphatic rings. The number of sulfonamides is 1. The van der Waals surface area contributed by atoms with Crippen LogP contribution < -0.4 is 9.46 Å². The first-order valence-corrected chi connectivity index (χ1v) is 9.58. The standard InChI is InChI=1S/C17H27NO4S/c1-13-9-15(22-3)10-14(2)16(13)23(20,21)18-11-17(12-19)7-5-4-6-8-17/h9-10,18-19H,4-8,11-12H2,1-3H3. The molecule has 23 heavy (non-hydrogen) atoms. The molecular weight excluding hydrogens is 314 g/mol. The zero-order valence-corrected chi connectivity index (χ0v) is 15.0. The molecule has 1 fully saturated rings. The first-order chi connectivity index (χ1) is 10.8. The van der Waals surface area contributed by atoms with E-state index in [2.05, 4.69) is 4.72 Å². The van der Waals surface area contributed by atoms with Crippen LogP contribution in [-0.2, 0) is 10.0 Å². The number of benzene rings is 1. The van der Waals surface area contributed by atoms with Crippen molar-refractivity contribution < 1.29 is 18.3 Å². The summed E-state index contributed by atoms with van der Waals surface area (Å²) in [5.74, 6) is 0.651. The van der Waals surface area contributed by atoms with Gasteiger partial charge in [0.1, 0.15) is 5.75 Å². The van der Waals surface area contributed by atoms with E-state index in [0.717, 1.165) is 32.1 Å². The average Bonchev–Trinajstić information content (AvgIpc) is 2.53. The van der Waals surface area contributed by atoms with Crippen LogP contribution in [-0.4, -0.2) is 33.8 Å². The predicted molar refractivity (Wildman–Crippen MR) is 90.3 cm³/mol. The second kappa shape index (κ2) is 7.20. The van der Waals surface area contributed by atoms with Gasteiger partial charge in [0.25, 0.3) is 0 Å². The van der Waals surface area contributed by atoms with Crippen LogP contribution in [0.5, 0.6) is 5.75 Å². The fraction of sp³-hybridized carbons (Fsp3) is 0.647. The average molecular weight is 341 g/mol. The molecule has 1 saturated carbocycles. The molecular formula is C17H27NO4S. The molecule has 0 heterocycles. The maximum Gasteiger partial charge on any atom is 0.241 e. The lowest BCUT2D eigenvalue weighted by molar-refractivity contribution is 0.0867. The molecule has 0 aromatic heterocycles. The highest BCUT2D eigenvalue weighted by Gasteiger charge is 2.33. The highest BCUT2D eigenvalue weighted by Crippen LogP contribution is 2.36. The molecule has 0 spiro atoms. The van der Waals surface area contributed by atoms with Crippen molar-refractivity contribution in [1.29, 1.82) is 0 Å². The van der Waals surface area contributed by atoms with E-state index >= 15 is 0 Å². The minimum absolute atomic E-state index is 0.0239. The van der Waals surface area contributed by atoms with Crippen molar-refractivity contribution in [1.82, 2.24) is 4.72 Å². The summed E-state index contributed by atoms with van der Waals surface area (Å²) >= 11 is 0. The molecule has 130 valence electrons. The summed E-state index contributed by atoms with van der Waals surface area (Å²) in [5, 5.41) is 9.74. The van der Waals surface area contributed by atoms with Crippen molar-refractivity contribution in [2.75, 3.05) is 20.3 Å². The van der Waals surface area contributed by atoms with E-state index in [4.69, 9.17) is 4.74 Å². The van der Waals surface area contributed by atoms with E-state index in [0.29, 0.717) is 21.8 Å². The third-order valence-electron chi connectivity index (χ3n) is 4.83. The van der Waals surface area contributed by atoms with Crippen molar-refractivity contribution in [3.63, 3.8) is 0 Å². The van der Waals surface area contributed by atoms with Gasteiger partial charge < -0.3 is 9.84 Å². The van der Waals surface area contributed by atoms with Crippen LogP contribution in [0.1, 0.15) is 43.2 Å². The van der Waals surface area contributed by atoms with Gasteiger partial charge in [-0.15, -0.1) is 0 Å². The van der Waals surface area contributed by atoms with Crippen molar-refractivity contribution in [2.45, 2.75) is 50.8 Å². The van der Waals surface area contributed by atoms with Crippen LogP contribution >= 0.6 is 0 Å². The van der Waals surface area contributed by atoms with Crippen molar-refractivity contribution in [3.05, 3.63) is 23.3 Å². The minimum Gasteiger partial charge on any atom is -0.497 e. The molecule has 5 nitrogen and oxygen atoms in total. The number of aliphatic hydroxyl groups is 1. The van der Waals surface area contributed by atoms with Crippen LogP contribution in [0.2, 0.25) is 0 Å². The lowest BCUT2D eigenvalue weighted by Crippen LogP contribution is -2.41. The van der Waals surface area contributed by atoms with Crippen LogP contribution in [0.4, 0.5) is 0 Å². The summed E-state index contributed by atoms with van der Waals surface area (Å²) in [5.41, 5.74) is 1.01. The maximum absolute atomic E-state index is 12.7. The molecule has 6 heteroatoms. The number of ether oxygens (including phenoxy) is 1. The van der Waals surface area contributed by atoms with Gasteiger partial charge in [-0.2, -0.15) is 0 Å². The Bertz CT molecular complexity index is 626. The first kappa shape index (κ1) is 18.2. The van der Waals surface area contributed by atoms with Crippen LogP contribution in [0.15, 0.2) is 17.0 Å². The van der Waals surface area contributed by atoms with E-state index in [1.807, 2.05) is 0 Å². The normalized spacial score (nSPS) is 17.9. The van der Waals surface area contributed by atoms with Gasteiger partial charge in [0.2, 0.25) is 10.0 Å². The number of nitrogens with one attached hydrogen (secondary N) is 1. The van der Waals surface area contributed by atoms with Gasteiger partial charge in [-0.05, 0) is 49.9 Å². The van der Waals surface area contributed by atoms with E-state index in [1.54, 1.807) is 33.1 Å². The quantitative estimate of drug-likeness (QED) is 0.834. The largest absolute Gasteiger partial charge is 0.497 e. The summed E-state index contributed by atoms with van der Waals surface area (Å²) in [6, 6.07) is 3.45. The molecule has 2 N–H and O–H groups in total. The van der Waals surface area contributed by atoms with Crippen molar-refractivity contribution in [3.8, 4) is 5.75 Å². The highest BCUT2D eigenvalue weighted by molar-refractivity contribution is 7.89. The highest BCUT2D eigenvalue weighted by atomic mass is 32.2. The first-order valence-electron chi connectivity index (χ1n) is 8.09. The van der Waals surface area contributed by atoms with E-state index in [1.165, 1.54) is 0 Å². The summed E-state index contributed by atoms with van der Waals surface area (Å²) in [6.07, 6.45) is 4.98. The molecule has 1 aliphatic carbocycles. The Balaban J connectivity index is 2.22. The summed E-state index contributed by atoms with van der Waals surface area (Å²) in [6.45, 7) is 3.85. The van der Waals surface area contributed by atoms with Crippen molar-refractivity contribution >= 4 is 10.0 Å². The summed E-state index contributed by atoms with van der Waals surface area (Å²) in [4.78, 5) is 0.308. The Hall–Kier alpha value is -1.11. The lowest BCUT2D eigenvalue weighted by atomic mass is 9.75. The molecule has 0 atom stereocenters. The van der Waals surface area contributed by atoms with Crippen LogP contribution in [0.3, 0.4) is 0 Å². The topological polar surface area (TPSA) is 75.6 Å². The number of rotatable bonds is 6. The molecule has 0 radical (unpaired) electrons. The smallest absolute Gasteiger partial charge is 0.241 e. The van der Waals surface area contributed by atoms with Gasteiger partial charge in [-0.1, -0.05) is 19.3 Å². The minimum atomic E-state index is -3.61. The van der Waals surface area contributed by atoms with Crippen molar-refractivity contribution in [2.24, 2.45) is 5.41 Å². The van der Waals surface area contributed by atoms with E-state index in [9.17, 15) is 13.5 Å². The molecule has 0 saturated heterocycles. The van der Waals surface area contributed by atoms with Crippen LogP contribution in [0, 0.1) is 19.3 Å². The number of aryl methyl sites for hydroxylation is 2. The third-order valence-corrected chi connectivity index (χ3v) is 6.53. The Morgan fingerprint density at radius 2 is 1.74 bits per heavy atom. The molecule has 1 aromatic carbocycles. The lowest BCUT2D eigenvalue weighted by Gasteiger charge is -2.35. The van der Waals surface area contributed by atoms with E-state index in [-0.39, 0.29) is 18.6 Å². The monoisotopic (exact) mass is 341 g/mol. The van der Waals surface area contributed by atoms with Gasteiger partial charge in [-0.3, -0.25) is 0 Å². The Morgan fingerprint density at radius 1 is 1.17 bits per heavy atom. The third kappa shape index (κ3) is 4.05. The molecule has 1 aromatic rings. The molecule has 0 bridgehead atoms. The Morgan fingerprint density at radius 3 is 2.22 bits per heavy atom. The van der Waals surface area contributed by atoms with Gasteiger partial charge >= 0.3 is 0 Å². The predicted octanol–water partition coefficient (Wildman–Crippen LogP) is 2.53.